The van der Waals surface area contributed by atoms with Crippen molar-refractivity contribution in [3.05, 3.63) is 179 Å². The van der Waals surface area contributed by atoms with E-state index in [0.29, 0.717) is 64.0 Å². The van der Waals surface area contributed by atoms with Crippen LogP contribution in [0.25, 0.3) is 28.3 Å². The third-order valence-corrected chi connectivity index (χ3v) is 15.9. The molecule has 0 spiro atoms. The van der Waals surface area contributed by atoms with Gasteiger partial charge >= 0.3 is 23.1 Å². The number of aromatic amines is 1. The molecule has 2 aromatic carbocycles. The van der Waals surface area contributed by atoms with Crippen LogP contribution in [0.15, 0.2) is 143 Å². The number of furan rings is 2. The minimum Gasteiger partial charge on any atom is -1.00 e. The zero-order chi connectivity index (χ0) is 67.8. The number of nitrogens with zero attached hydrogens (tertiary/aromatic N) is 7. The number of halogens is 5. The Hall–Kier alpha value is -3.89. The summed E-state index contributed by atoms with van der Waals surface area (Å²) in [6.45, 7) is 15.4. The quantitative estimate of drug-likeness (QED) is 0.0192. The van der Waals surface area contributed by atoms with Crippen LogP contribution in [0.2, 0.25) is 15.5 Å². The van der Waals surface area contributed by atoms with Crippen molar-refractivity contribution in [2.45, 2.75) is 180 Å². The number of benzene rings is 2. The van der Waals surface area contributed by atoms with E-state index in [4.69, 9.17) is 73.1 Å². The van der Waals surface area contributed by atoms with Crippen LogP contribution in [0, 0.1) is 13.3 Å². The van der Waals surface area contributed by atoms with Crippen LogP contribution in [-0.4, -0.2) is 168 Å². The maximum atomic E-state index is 8.45. The molecule has 6 aromatic heterocycles. The van der Waals surface area contributed by atoms with Crippen molar-refractivity contribution in [2.75, 3.05) is 63.9 Å². The summed E-state index contributed by atoms with van der Waals surface area (Å²) in [5, 5.41) is 29.5. The van der Waals surface area contributed by atoms with E-state index in [1.807, 2.05) is 99.3 Å². The maximum absolute atomic E-state index is 8.45. The van der Waals surface area contributed by atoms with Crippen molar-refractivity contribution in [2.24, 2.45) is 0 Å². The first-order valence-electron chi connectivity index (χ1n) is 33.6. The van der Waals surface area contributed by atoms with Gasteiger partial charge in [-0.05, 0) is 151 Å². The molecule has 0 saturated carbocycles. The van der Waals surface area contributed by atoms with Crippen LogP contribution in [0.1, 0.15) is 146 Å². The number of H-pyrrole nitrogens is 1. The van der Waals surface area contributed by atoms with Gasteiger partial charge in [-0.3, -0.25) is 5.10 Å². The third-order valence-electron chi connectivity index (χ3n) is 14.7. The van der Waals surface area contributed by atoms with Crippen LogP contribution in [0.3, 0.4) is 0 Å². The second kappa shape index (κ2) is 55.7. The van der Waals surface area contributed by atoms with Gasteiger partial charge in [-0.15, -0.1) is 0 Å². The summed E-state index contributed by atoms with van der Waals surface area (Å²) in [6.07, 6.45) is 33.4. The Kier molecular flexibility index (Phi) is 50.2. The summed E-state index contributed by atoms with van der Waals surface area (Å²) < 4.78 is 44.2. The van der Waals surface area contributed by atoms with Crippen molar-refractivity contribution in [3.8, 4) is 28.3 Å². The molecule has 24 heteroatoms. The van der Waals surface area contributed by atoms with Gasteiger partial charge in [0, 0.05) is 93.4 Å². The molecule has 18 nitrogen and oxygen atoms in total. The van der Waals surface area contributed by atoms with Crippen LogP contribution >= 0.6 is 57.4 Å². The van der Waals surface area contributed by atoms with Crippen molar-refractivity contribution in [1.82, 2.24) is 39.9 Å². The number of aliphatic hydroxyl groups is 2. The zero-order valence-corrected chi connectivity index (χ0v) is 64.5. The molecule has 0 amide bonds. The smallest absolute Gasteiger partial charge is 1.00 e. The molecule has 12 heterocycles. The Bertz CT molecular complexity index is 3000. The van der Waals surface area contributed by atoms with E-state index in [9.17, 15) is 0 Å². The first-order chi connectivity index (χ1) is 46.5. The predicted octanol–water partition coefficient (Wildman–Crippen LogP) is 13.8. The number of alkyl halides is 1. The average molecular weight is 1590 g/mol. The van der Waals surface area contributed by atoms with Gasteiger partial charge in [-0.25, -0.2) is 24.6 Å². The molecule has 0 aliphatic carbocycles. The average Bonchev–Trinajstić information content (AvgIpc) is 1.75. The van der Waals surface area contributed by atoms with Gasteiger partial charge in [0.25, 0.3) is 0 Å². The van der Waals surface area contributed by atoms with Crippen molar-refractivity contribution < 1.29 is 64.4 Å². The SMILES string of the molecule is C1CO1.CCCC1CCCO1.C[CH-]C.Cc1cccc(-c2ccn(-c3cc(Cl)nc(CCC4CCCO4)n3)n2)c1.Clc1cc(Cl)nc(CCC2CCCO2)n1.ICCC1CCCO1.OCCC1CCCO1.OCCc1ccco1.[Br-].[Mg+2].c1ccc(-c2ccn[nH]2)cc1.c1ccoc1. The normalized spacial score (nSPS) is 18.1. The van der Waals surface area contributed by atoms with E-state index in [1.165, 1.54) is 66.9 Å². The van der Waals surface area contributed by atoms with Crippen LogP contribution in [-0.2, 0) is 47.7 Å². The predicted molar refractivity (Wildman–Crippen MR) is 392 cm³/mol. The third kappa shape index (κ3) is 40.4. The molecule has 0 bridgehead atoms. The van der Waals surface area contributed by atoms with E-state index in [-0.39, 0.29) is 53.2 Å². The first-order valence-corrected chi connectivity index (χ1v) is 36.3. The Balaban J connectivity index is 0.000000300. The number of aryl methyl sites for hydroxylation is 3. The van der Waals surface area contributed by atoms with Gasteiger partial charge in [0.1, 0.15) is 32.9 Å². The van der Waals surface area contributed by atoms with E-state index in [1.54, 1.807) is 41.8 Å². The van der Waals surface area contributed by atoms with Gasteiger partial charge < -0.3 is 70.9 Å². The molecule has 5 atom stereocenters. The zero-order valence-electron chi connectivity index (χ0n) is 57.1. The summed E-state index contributed by atoms with van der Waals surface area (Å²) >= 11 is 20.2. The fourth-order valence-electron chi connectivity index (χ4n) is 9.99. The Morgan fingerprint density at radius 2 is 1.08 bits per heavy atom. The minimum atomic E-state index is 0. The van der Waals surface area contributed by atoms with Crippen molar-refractivity contribution in [1.29, 1.82) is 0 Å². The molecular weight excluding hydrogens is 1490 g/mol. The fourth-order valence-corrected chi connectivity index (χ4v) is 11.3. The summed E-state index contributed by atoms with van der Waals surface area (Å²) in [7, 11) is 0. The number of aromatic nitrogens is 8. The molecule has 5 unspecified atom stereocenters. The van der Waals surface area contributed by atoms with Gasteiger partial charge in [0.15, 0.2) is 5.82 Å². The second-order valence-corrected chi connectivity index (χ2v) is 25.1. The number of hydrogen-bond acceptors (Lipinski definition) is 16. The van der Waals surface area contributed by atoms with Gasteiger partial charge in [-0.1, -0.05) is 125 Å². The summed E-state index contributed by atoms with van der Waals surface area (Å²) in [5.41, 5.74) is 5.43. The molecule has 97 heavy (non-hydrogen) atoms. The van der Waals surface area contributed by atoms with Crippen LogP contribution in [0.5, 0.6) is 0 Å². The molecule has 530 valence electrons. The number of epoxide rings is 1. The van der Waals surface area contributed by atoms with Crippen molar-refractivity contribution in [3.63, 3.8) is 0 Å². The molecule has 3 N–H and O–H groups in total. The van der Waals surface area contributed by atoms with E-state index >= 15 is 0 Å². The molecule has 14 rings (SSSR count). The monoisotopic (exact) mass is 1580 g/mol. The molecular formula is C73H101BrCl3IMgN8O10. The Morgan fingerprint density at radius 3 is 1.52 bits per heavy atom. The largest absolute Gasteiger partial charge is 2.00 e. The second-order valence-electron chi connectivity index (χ2n) is 22.8. The number of nitrogens with one attached hydrogen (secondary N) is 1. The summed E-state index contributed by atoms with van der Waals surface area (Å²) in [4.78, 5) is 17.2. The van der Waals surface area contributed by atoms with E-state index in [0.717, 1.165) is 139 Å². The summed E-state index contributed by atoms with van der Waals surface area (Å²) in [5.74, 6) is 2.96. The topological polar surface area (TPSA) is 223 Å². The summed E-state index contributed by atoms with van der Waals surface area (Å²) in [6, 6.07) is 32.9. The first kappa shape index (κ1) is 87.3. The van der Waals surface area contributed by atoms with Gasteiger partial charge in [0.05, 0.1) is 80.5 Å². The van der Waals surface area contributed by atoms with Crippen LogP contribution < -0.4 is 17.0 Å². The van der Waals surface area contributed by atoms with E-state index in [2.05, 4.69) is 99.0 Å². The number of ether oxygens (including phenoxy) is 6. The minimum absolute atomic E-state index is 0. The van der Waals surface area contributed by atoms with Gasteiger partial charge in [0.2, 0.25) is 0 Å². The molecule has 0 radical (unpaired) electrons. The van der Waals surface area contributed by atoms with E-state index < -0.39 is 0 Å². The Labute approximate surface area is 631 Å². The van der Waals surface area contributed by atoms with Crippen molar-refractivity contribution >= 4 is 80.4 Å². The van der Waals surface area contributed by atoms with Gasteiger partial charge in [-0.2, -0.15) is 24.0 Å². The number of aliphatic hydroxyl groups excluding tert-OH is 2. The molecule has 6 saturated heterocycles. The fraction of sp³-hybridized carbons (Fsp3) is 0.521. The standard InChI is InChI=1S/C20H21ClN4O.C10H12Cl2N2O.C9H8N2.C7H14O.C6H11IO.C6H12O2.C6H8O2.C4H4O.C3H7.C2H4O.BrH.Mg/c1-14-4-2-5-15(12-14)17-9-10-25(24-17)20-13-18(21)22-19(23-20)8-7-16-6-3-11-26-16;11-8-6-9(12)14-10(13-8)4-3-7-2-1-5-15-7;1-2-4-8(5-3-1)9-6-7-10-11-9;1-2-4-7-5-3-6-8-7;3*7-4-3-6-2-1-5-8-6;1-2-4-5-3-1;1-3-2;1-2-3-1;;/h2,4-5,9-10,12-13,16H,3,6-8,11H2,1H3;6-7H,1-5H2;1-7H,(H,10,11);7H,2-6H2,1H3;6H,1-5H2;6-7H,1-5H2;1-2,5,7H,3-4H2;1-4H;3H,1-2H3;1-2H2;1H;/q;;;;;;;;-1;;;+2/p-1. The Morgan fingerprint density at radius 1 is 0.567 bits per heavy atom. The molecule has 6 aliphatic rings. The molecule has 6 aliphatic heterocycles. The molecule has 6 fully saturated rings. The number of hydrogen-bond donors (Lipinski definition) is 3. The van der Waals surface area contributed by atoms with Crippen LogP contribution in [0.4, 0.5) is 0 Å². The maximum Gasteiger partial charge on any atom is 2.00 e. The molecule has 8 aromatic rings. The number of rotatable bonds is 17.